The molecule has 1 aliphatic carbocycles. The van der Waals surface area contributed by atoms with Crippen molar-refractivity contribution in [3.63, 3.8) is 0 Å². The molecule has 3 aliphatic heterocycles. The Bertz CT molecular complexity index is 2470. The van der Waals surface area contributed by atoms with Crippen LogP contribution in [0, 0.1) is 18.8 Å². The molecule has 0 radical (unpaired) electrons. The van der Waals surface area contributed by atoms with Crippen LogP contribution in [0.1, 0.15) is 96.7 Å². The molecule has 5 amide bonds. The van der Waals surface area contributed by atoms with Gasteiger partial charge in [0.1, 0.15) is 17.4 Å². The fourth-order valence-electron chi connectivity index (χ4n) is 9.85. The molecular weight excluding hydrogens is 863 g/mol. The predicted octanol–water partition coefficient (Wildman–Crippen LogP) is 7.79. The van der Waals surface area contributed by atoms with Gasteiger partial charge in [0.05, 0.1) is 34.9 Å². The molecule has 1 aromatic heterocycles. The zero-order valence-corrected chi connectivity index (χ0v) is 37.6. The van der Waals surface area contributed by atoms with E-state index in [0.29, 0.717) is 76.8 Å². The molecule has 4 aromatic rings. The number of carbonyl (C=O) groups is 4. The SMILES string of the molecule is COc1cc2nc(C)nc(N[C@H](C)c3cc(N)cc(C(F)(F)F)c3)c2cc1C1CCC(C(=O)N2CCN(CC3CCN(C(=O)c4ccc(Cl)c(N5CCC(=O)NC5=O)c4)CC3)CC2)CC1. The number of aromatic nitrogens is 2. The third kappa shape index (κ3) is 10.3. The number of benzene rings is 3. The number of hydrogen-bond acceptors (Lipinski definition) is 10. The summed E-state index contributed by atoms with van der Waals surface area (Å²) in [6.45, 7) is 8.84. The van der Waals surface area contributed by atoms with E-state index < -0.39 is 23.8 Å². The van der Waals surface area contributed by atoms with Crippen molar-refractivity contribution in [1.82, 2.24) is 30.0 Å². The van der Waals surface area contributed by atoms with Crippen molar-refractivity contribution >= 4 is 63.4 Å². The number of methoxy groups -OCH3 is 1. The number of alkyl halides is 3. The number of rotatable bonds is 10. The number of hydrogen-bond donors (Lipinski definition) is 3. The molecule has 4 N–H and O–H groups in total. The second-order valence-electron chi connectivity index (χ2n) is 17.8. The van der Waals surface area contributed by atoms with Gasteiger partial charge in [-0.05, 0) is 118 Å². The lowest BCUT2D eigenvalue weighted by molar-refractivity contribution is -0.139. The number of carbonyl (C=O) groups excluding carboxylic acids is 4. The third-order valence-corrected chi connectivity index (χ3v) is 13.8. The highest BCUT2D eigenvalue weighted by molar-refractivity contribution is 6.34. The fourth-order valence-corrected chi connectivity index (χ4v) is 10.1. The van der Waals surface area contributed by atoms with E-state index in [1.54, 1.807) is 39.2 Å². The van der Waals surface area contributed by atoms with E-state index >= 15 is 0 Å². The normalized spacial score (nSPS) is 20.8. The Morgan fingerprint density at radius 1 is 0.923 bits per heavy atom. The van der Waals surface area contributed by atoms with Gasteiger partial charge in [0.25, 0.3) is 5.91 Å². The Labute approximate surface area is 381 Å². The van der Waals surface area contributed by atoms with E-state index in [-0.39, 0.29) is 48.2 Å². The summed E-state index contributed by atoms with van der Waals surface area (Å²) in [4.78, 5) is 68.5. The van der Waals surface area contributed by atoms with Gasteiger partial charge in [0.2, 0.25) is 11.8 Å². The summed E-state index contributed by atoms with van der Waals surface area (Å²) in [5.41, 5.74) is 7.96. The van der Waals surface area contributed by atoms with E-state index in [2.05, 4.69) is 25.5 Å². The van der Waals surface area contributed by atoms with Crippen LogP contribution in [0.2, 0.25) is 5.02 Å². The minimum Gasteiger partial charge on any atom is -0.496 e. The summed E-state index contributed by atoms with van der Waals surface area (Å²) < 4.78 is 46.7. The molecule has 1 atom stereocenters. The van der Waals surface area contributed by atoms with Crippen molar-refractivity contribution in [2.45, 2.75) is 76.9 Å². The molecule has 4 heterocycles. The van der Waals surface area contributed by atoms with Gasteiger partial charge < -0.3 is 25.6 Å². The minimum absolute atomic E-state index is 0.0252. The average molecular weight is 918 g/mol. The Hall–Kier alpha value is -5.68. The largest absolute Gasteiger partial charge is 0.496 e. The monoisotopic (exact) mass is 917 g/mol. The molecule has 0 unspecified atom stereocenters. The van der Waals surface area contributed by atoms with Crippen LogP contribution in [0.15, 0.2) is 48.5 Å². The number of halogens is 4. The molecular formula is C47H55ClF3N9O5. The number of nitrogen functional groups attached to an aromatic ring is 1. The molecule has 8 rings (SSSR count). The number of urea groups is 1. The van der Waals surface area contributed by atoms with Gasteiger partial charge in [0, 0.05) is 87.4 Å². The summed E-state index contributed by atoms with van der Waals surface area (Å²) in [5.74, 6) is 1.95. The van der Waals surface area contributed by atoms with Gasteiger partial charge in [-0.1, -0.05) is 11.6 Å². The Morgan fingerprint density at radius 2 is 1.65 bits per heavy atom. The van der Waals surface area contributed by atoms with Crippen LogP contribution < -0.4 is 26.0 Å². The highest BCUT2D eigenvalue weighted by Gasteiger charge is 2.35. The van der Waals surface area contributed by atoms with Gasteiger partial charge in [0.15, 0.2) is 0 Å². The molecule has 1 saturated carbocycles. The van der Waals surface area contributed by atoms with Crippen molar-refractivity contribution < 1.29 is 37.1 Å². The number of anilines is 3. The van der Waals surface area contributed by atoms with Gasteiger partial charge in [-0.15, -0.1) is 0 Å². The molecule has 3 aromatic carbocycles. The number of piperidine rings is 1. The lowest BCUT2D eigenvalue weighted by atomic mass is 9.77. The van der Waals surface area contributed by atoms with E-state index in [4.69, 9.17) is 22.1 Å². The highest BCUT2D eigenvalue weighted by atomic mass is 35.5. The zero-order chi connectivity index (χ0) is 46.2. The second kappa shape index (κ2) is 19.0. The lowest BCUT2D eigenvalue weighted by Gasteiger charge is -2.40. The highest BCUT2D eigenvalue weighted by Crippen LogP contribution is 2.43. The smallest absolute Gasteiger partial charge is 0.416 e. The maximum absolute atomic E-state index is 13.9. The van der Waals surface area contributed by atoms with Crippen LogP contribution in [0.4, 0.5) is 35.2 Å². The first-order valence-corrected chi connectivity index (χ1v) is 22.7. The van der Waals surface area contributed by atoms with Gasteiger partial charge >= 0.3 is 12.2 Å². The standard InChI is InChI=1S/C47H55ClF3N9O5/c1-27(33-20-34(47(49,50)51)23-35(52)21-33)53-43-37-24-36(41(65-3)25-39(37)54-28(2)55-43)30-4-6-31(7-5-30)44(62)59-18-16-57(17-19-59)26-29-10-13-58(14-11-29)45(63)32-8-9-38(48)40(22-32)60-15-12-42(61)56-46(60)64/h8-9,20-25,27,29-31H,4-7,10-19,26,52H2,1-3H3,(H,53,54,55)(H,56,61,64)/t27-,30?,31?/m1/s1. The van der Waals surface area contributed by atoms with Crippen LogP contribution in [-0.2, 0) is 15.8 Å². The molecule has 3 saturated heterocycles. The first kappa shape index (κ1) is 45.9. The van der Waals surface area contributed by atoms with Crippen molar-refractivity contribution in [3.8, 4) is 5.75 Å². The number of imide groups is 1. The van der Waals surface area contributed by atoms with Gasteiger partial charge in [-0.3, -0.25) is 29.5 Å². The van der Waals surface area contributed by atoms with Gasteiger partial charge in [-0.2, -0.15) is 13.2 Å². The first-order valence-electron chi connectivity index (χ1n) is 22.4. The maximum atomic E-state index is 13.9. The van der Waals surface area contributed by atoms with Crippen molar-refractivity contribution in [2.24, 2.45) is 11.8 Å². The first-order chi connectivity index (χ1) is 31.0. The van der Waals surface area contributed by atoms with E-state index in [0.717, 1.165) is 81.2 Å². The Balaban J connectivity index is 0.825. The molecule has 4 fully saturated rings. The topological polar surface area (TPSA) is 166 Å². The zero-order valence-electron chi connectivity index (χ0n) is 36.8. The predicted molar refractivity (Wildman–Crippen MR) is 242 cm³/mol. The number of amides is 5. The molecule has 0 spiro atoms. The van der Waals surface area contributed by atoms with Crippen molar-refractivity contribution in [2.75, 3.05) is 75.4 Å². The quantitative estimate of drug-likeness (QED) is 0.134. The van der Waals surface area contributed by atoms with Crippen LogP contribution >= 0.6 is 11.6 Å². The second-order valence-corrected chi connectivity index (χ2v) is 18.2. The summed E-state index contributed by atoms with van der Waals surface area (Å²) in [5, 5.41) is 6.68. The average Bonchev–Trinajstić information content (AvgIpc) is 3.28. The number of nitrogens with two attached hydrogens (primary N) is 1. The number of ether oxygens (including phenoxy) is 1. The van der Waals surface area contributed by atoms with Crippen molar-refractivity contribution in [1.29, 1.82) is 0 Å². The number of fused-ring (bicyclic) bond motifs is 1. The summed E-state index contributed by atoms with van der Waals surface area (Å²) in [6.07, 6.45) is 0.448. The minimum atomic E-state index is -4.53. The number of nitrogens with one attached hydrogen (secondary N) is 2. The number of piperazine rings is 1. The summed E-state index contributed by atoms with van der Waals surface area (Å²) in [7, 11) is 1.63. The molecule has 4 aliphatic rings. The third-order valence-electron chi connectivity index (χ3n) is 13.5. The fraction of sp³-hybridized carbons (Fsp3) is 0.489. The Morgan fingerprint density at radius 3 is 2.32 bits per heavy atom. The van der Waals surface area contributed by atoms with Gasteiger partial charge in [-0.25, -0.2) is 14.8 Å². The number of aryl methyl sites for hydroxylation is 1. The summed E-state index contributed by atoms with van der Waals surface area (Å²) in [6, 6.07) is 11.3. The van der Waals surface area contributed by atoms with Crippen LogP contribution in [0.3, 0.4) is 0 Å². The molecule has 346 valence electrons. The summed E-state index contributed by atoms with van der Waals surface area (Å²) >= 11 is 6.41. The molecule has 18 heteroatoms. The van der Waals surface area contributed by atoms with E-state index in [9.17, 15) is 32.3 Å². The molecule has 14 nitrogen and oxygen atoms in total. The lowest BCUT2D eigenvalue weighted by Crippen LogP contribution is -2.52. The van der Waals surface area contributed by atoms with Crippen LogP contribution in [0.25, 0.3) is 10.9 Å². The number of nitrogens with zero attached hydrogens (tertiary/aromatic N) is 6. The molecule has 65 heavy (non-hydrogen) atoms. The Kier molecular flexibility index (Phi) is 13.4. The molecule has 0 bridgehead atoms. The van der Waals surface area contributed by atoms with Crippen LogP contribution in [-0.4, -0.2) is 108 Å². The van der Waals surface area contributed by atoms with E-state index in [1.165, 1.54) is 11.0 Å². The van der Waals surface area contributed by atoms with Crippen LogP contribution in [0.5, 0.6) is 5.75 Å². The van der Waals surface area contributed by atoms with E-state index in [1.807, 2.05) is 21.9 Å². The maximum Gasteiger partial charge on any atom is 0.416 e. The van der Waals surface area contributed by atoms with Crippen molar-refractivity contribution in [3.05, 3.63) is 81.6 Å². The number of likely N-dealkylation sites (tertiary alicyclic amines) is 1.